The molecular formula is C26H27N5O3S. The average Bonchev–Trinajstić information content (AvgIpc) is 3.52. The zero-order chi connectivity index (χ0) is 24.2. The predicted octanol–water partition coefficient (Wildman–Crippen LogP) is 3.09. The molecule has 0 spiro atoms. The van der Waals surface area contributed by atoms with E-state index in [0.717, 1.165) is 22.8 Å². The van der Waals surface area contributed by atoms with Crippen LogP contribution in [-0.4, -0.2) is 45.1 Å². The molecule has 0 saturated heterocycles. The monoisotopic (exact) mass is 489 g/mol. The maximum Gasteiger partial charge on any atom is 0.257 e. The van der Waals surface area contributed by atoms with Crippen LogP contribution >= 0.6 is 11.3 Å². The Kier molecular flexibility index (Phi) is 6.78. The molecule has 9 heteroatoms. The van der Waals surface area contributed by atoms with E-state index in [1.165, 1.54) is 13.2 Å². The molecule has 1 aliphatic heterocycles. The van der Waals surface area contributed by atoms with Crippen molar-refractivity contribution in [2.24, 2.45) is 0 Å². The number of hydrogen-bond donors (Lipinski definition) is 1. The number of amides is 1. The van der Waals surface area contributed by atoms with Crippen LogP contribution in [-0.2, 0) is 26.1 Å². The topological polar surface area (TPSA) is 81.4 Å². The number of hydrogen-bond acceptors (Lipinski definition) is 6. The maximum absolute atomic E-state index is 13.2. The largest absolute Gasteiger partial charge is 0.496 e. The Morgan fingerprint density at radius 2 is 2.09 bits per heavy atom. The molecule has 0 unspecified atom stereocenters. The van der Waals surface area contributed by atoms with E-state index in [1.807, 2.05) is 47.3 Å². The molecule has 0 atom stereocenters. The summed E-state index contributed by atoms with van der Waals surface area (Å²) in [5.41, 5.74) is 3.18. The van der Waals surface area contributed by atoms with Gasteiger partial charge < -0.3 is 19.2 Å². The highest BCUT2D eigenvalue weighted by Gasteiger charge is 2.25. The first-order valence-corrected chi connectivity index (χ1v) is 12.5. The van der Waals surface area contributed by atoms with Crippen molar-refractivity contribution in [3.05, 3.63) is 98.5 Å². The Hall–Kier alpha value is -3.69. The van der Waals surface area contributed by atoms with Crippen molar-refractivity contribution >= 4 is 17.2 Å². The number of methoxy groups -OCH3 is 1. The zero-order valence-corrected chi connectivity index (χ0v) is 20.3. The summed E-state index contributed by atoms with van der Waals surface area (Å²) in [6, 6.07) is 13.4. The Bertz CT molecular complexity index is 1360. The number of pyridine rings is 2. The van der Waals surface area contributed by atoms with Crippen LogP contribution in [0.2, 0.25) is 0 Å². The Morgan fingerprint density at radius 3 is 2.86 bits per heavy atom. The molecule has 0 aliphatic carbocycles. The van der Waals surface area contributed by atoms with Crippen LogP contribution in [0.25, 0.3) is 5.82 Å². The highest BCUT2D eigenvalue weighted by atomic mass is 32.1. The van der Waals surface area contributed by atoms with Gasteiger partial charge in [0, 0.05) is 69.0 Å². The van der Waals surface area contributed by atoms with Crippen molar-refractivity contribution < 1.29 is 9.53 Å². The summed E-state index contributed by atoms with van der Waals surface area (Å²) in [6.45, 7) is 3.06. The third kappa shape index (κ3) is 4.91. The summed E-state index contributed by atoms with van der Waals surface area (Å²) in [4.78, 5) is 32.9. The van der Waals surface area contributed by atoms with Gasteiger partial charge in [0.25, 0.3) is 11.5 Å². The van der Waals surface area contributed by atoms with Crippen LogP contribution in [0.5, 0.6) is 5.75 Å². The van der Waals surface area contributed by atoms with Crippen molar-refractivity contribution in [3.8, 4) is 11.6 Å². The third-order valence-electron chi connectivity index (χ3n) is 6.28. The van der Waals surface area contributed by atoms with Crippen molar-refractivity contribution in [2.45, 2.75) is 26.1 Å². The molecule has 0 radical (unpaired) electrons. The minimum atomic E-state index is -0.228. The number of aromatic nitrogens is 3. The molecule has 5 rings (SSSR count). The molecular weight excluding hydrogens is 462 g/mol. The van der Waals surface area contributed by atoms with E-state index in [-0.39, 0.29) is 11.5 Å². The van der Waals surface area contributed by atoms with Crippen LogP contribution in [0.3, 0.4) is 0 Å². The predicted molar refractivity (Wildman–Crippen MR) is 135 cm³/mol. The van der Waals surface area contributed by atoms with Crippen molar-refractivity contribution in [1.82, 2.24) is 24.3 Å². The lowest BCUT2D eigenvalue weighted by Gasteiger charge is -2.20. The molecule has 8 nitrogen and oxygen atoms in total. The number of ether oxygens (including phenoxy) is 1. The molecule has 180 valence electrons. The number of carbonyl (C=O) groups is 1. The standard InChI is InChI=1S/C26H27N5O3S/c1-34-22-15-24(32)31-13-12-29(17-20-5-4-10-30(20)23-6-2-3-9-27-23)11-7-21(31)25(22)26(33)28-16-19-8-14-35-18-19/h2-6,8-10,14-15,18H,7,11-13,16-17H2,1H3,(H,28,33). The van der Waals surface area contributed by atoms with Gasteiger partial charge in [-0.05, 0) is 46.7 Å². The maximum atomic E-state index is 13.2. The number of fused-ring (bicyclic) bond motifs is 1. The normalized spacial score (nSPS) is 13.7. The van der Waals surface area contributed by atoms with Gasteiger partial charge in [0.15, 0.2) is 0 Å². The smallest absolute Gasteiger partial charge is 0.257 e. The lowest BCUT2D eigenvalue weighted by molar-refractivity contribution is 0.0945. The van der Waals surface area contributed by atoms with Gasteiger partial charge in [0.2, 0.25) is 0 Å². The number of carbonyl (C=O) groups excluding carboxylic acids is 1. The summed E-state index contributed by atoms with van der Waals surface area (Å²) in [5.74, 6) is 0.965. The summed E-state index contributed by atoms with van der Waals surface area (Å²) in [7, 11) is 1.50. The highest BCUT2D eigenvalue weighted by molar-refractivity contribution is 7.07. The summed E-state index contributed by atoms with van der Waals surface area (Å²) in [5, 5.41) is 6.98. The first-order valence-electron chi connectivity index (χ1n) is 11.5. The summed E-state index contributed by atoms with van der Waals surface area (Å²) >= 11 is 1.59. The molecule has 1 amide bonds. The van der Waals surface area contributed by atoms with Gasteiger partial charge in [-0.25, -0.2) is 4.98 Å². The first-order chi connectivity index (χ1) is 17.1. The number of rotatable bonds is 7. The molecule has 4 aromatic heterocycles. The van der Waals surface area contributed by atoms with Crippen molar-refractivity contribution in [3.63, 3.8) is 0 Å². The van der Waals surface area contributed by atoms with Gasteiger partial charge in [-0.2, -0.15) is 11.3 Å². The lowest BCUT2D eigenvalue weighted by Crippen LogP contribution is -2.31. The highest BCUT2D eigenvalue weighted by Crippen LogP contribution is 2.24. The van der Waals surface area contributed by atoms with Crippen LogP contribution in [0, 0.1) is 0 Å². The number of nitrogens with zero attached hydrogens (tertiary/aromatic N) is 4. The fourth-order valence-corrected chi connectivity index (χ4v) is 5.18. The van der Waals surface area contributed by atoms with Gasteiger partial charge in [0.1, 0.15) is 17.1 Å². The van der Waals surface area contributed by atoms with Gasteiger partial charge >= 0.3 is 0 Å². The van der Waals surface area contributed by atoms with E-state index in [2.05, 4.69) is 25.8 Å². The van der Waals surface area contributed by atoms with E-state index >= 15 is 0 Å². The third-order valence-corrected chi connectivity index (χ3v) is 7.01. The molecule has 1 aliphatic rings. The SMILES string of the molecule is COc1cc(=O)n2c(c1C(=O)NCc1ccsc1)CCN(Cc1cccn1-c1ccccn1)CC2. The second-order valence-electron chi connectivity index (χ2n) is 8.42. The molecule has 5 heterocycles. The molecule has 4 aromatic rings. The van der Waals surface area contributed by atoms with Gasteiger partial charge in [-0.1, -0.05) is 6.07 Å². The average molecular weight is 490 g/mol. The molecule has 0 bridgehead atoms. The lowest BCUT2D eigenvalue weighted by atomic mass is 10.1. The van der Waals surface area contributed by atoms with Gasteiger partial charge in [0.05, 0.1) is 7.11 Å². The zero-order valence-electron chi connectivity index (χ0n) is 19.5. The minimum absolute atomic E-state index is 0.148. The molecule has 0 saturated carbocycles. The molecule has 0 fully saturated rings. The molecule has 1 N–H and O–H groups in total. The van der Waals surface area contributed by atoms with Crippen LogP contribution in [0.1, 0.15) is 27.3 Å². The number of nitrogens with one attached hydrogen (secondary N) is 1. The van der Waals surface area contributed by atoms with E-state index in [9.17, 15) is 9.59 Å². The number of thiophene rings is 1. The van der Waals surface area contributed by atoms with E-state index in [4.69, 9.17) is 4.74 Å². The van der Waals surface area contributed by atoms with E-state index in [0.29, 0.717) is 50.5 Å². The van der Waals surface area contributed by atoms with Crippen molar-refractivity contribution in [2.75, 3.05) is 20.2 Å². The second kappa shape index (κ2) is 10.3. The Morgan fingerprint density at radius 1 is 1.17 bits per heavy atom. The van der Waals surface area contributed by atoms with Gasteiger partial charge in [-0.15, -0.1) is 0 Å². The van der Waals surface area contributed by atoms with Crippen molar-refractivity contribution in [1.29, 1.82) is 0 Å². The minimum Gasteiger partial charge on any atom is -0.496 e. The van der Waals surface area contributed by atoms with E-state index < -0.39 is 0 Å². The summed E-state index contributed by atoms with van der Waals surface area (Å²) in [6.07, 6.45) is 4.36. The van der Waals surface area contributed by atoms with Gasteiger partial charge in [-0.3, -0.25) is 14.5 Å². The molecule has 0 aromatic carbocycles. The van der Waals surface area contributed by atoms with Crippen LogP contribution in [0.15, 0.2) is 70.4 Å². The van der Waals surface area contributed by atoms with Crippen LogP contribution in [0.4, 0.5) is 0 Å². The summed E-state index contributed by atoms with van der Waals surface area (Å²) < 4.78 is 9.27. The Balaban J connectivity index is 1.38. The quantitative estimate of drug-likeness (QED) is 0.432. The molecule has 35 heavy (non-hydrogen) atoms. The second-order valence-corrected chi connectivity index (χ2v) is 9.20. The Labute approximate surface area is 207 Å². The fourth-order valence-electron chi connectivity index (χ4n) is 4.51. The van der Waals surface area contributed by atoms with Crippen LogP contribution < -0.4 is 15.6 Å². The fraction of sp³-hybridized carbons (Fsp3) is 0.269. The van der Waals surface area contributed by atoms with E-state index in [1.54, 1.807) is 22.1 Å². The first kappa shape index (κ1) is 23.1.